The Labute approximate surface area is 126 Å². The molecule has 1 rings (SSSR count). The molecule has 0 aliphatic heterocycles. The number of benzene rings is 1. The molecule has 0 saturated carbocycles. The van der Waals surface area contributed by atoms with Crippen LogP contribution in [0.25, 0.3) is 0 Å². The maximum absolute atomic E-state index is 5.73. The molecule has 0 aliphatic carbocycles. The van der Waals surface area contributed by atoms with Crippen LogP contribution in [0.1, 0.15) is 13.3 Å². The van der Waals surface area contributed by atoms with Gasteiger partial charge in [0.2, 0.25) is 5.75 Å². The first-order valence-corrected chi connectivity index (χ1v) is 6.96. The predicted molar refractivity (Wildman–Crippen MR) is 83.9 cm³/mol. The molecule has 0 bridgehead atoms. The summed E-state index contributed by atoms with van der Waals surface area (Å²) in [7, 11) is 4.73. The summed E-state index contributed by atoms with van der Waals surface area (Å²) in [6.07, 6.45) is 1.10. The molecule has 5 heteroatoms. The molecule has 1 aromatic carbocycles. The van der Waals surface area contributed by atoms with Gasteiger partial charge in [-0.25, -0.2) is 0 Å². The third-order valence-electron chi connectivity index (χ3n) is 2.88. The lowest BCUT2D eigenvalue weighted by Gasteiger charge is -2.15. The zero-order valence-electron chi connectivity index (χ0n) is 13.3. The summed E-state index contributed by atoms with van der Waals surface area (Å²) in [6.45, 7) is 8.28. The molecule has 0 fully saturated rings. The molecule has 0 amide bonds. The third-order valence-corrected chi connectivity index (χ3v) is 2.88. The van der Waals surface area contributed by atoms with Crippen molar-refractivity contribution in [3.05, 3.63) is 24.3 Å². The van der Waals surface area contributed by atoms with Crippen molar-refractivity contribution >= 4 is 0 Å². The second-order valence-electron chi connectivity index (χ2n) is 4.58. The Morgan fingerprint density at radius 3 is 2.19 bits per heavy atom. The van der Waals surface area contributed by atoms with Gasteiger partial charge in [-0.1, -0.05) is 13.5 Å². The van der Waals surface area contributed by atoms with E-state index in [1.807, 2.05) is 0 Å². The minimum atomic E-state index is 0.440. The van der Waals surface area contributed by atoms with Crippen molar-refractivity contribution in [2.75, 3.05) is 41.0 Å². The third kappa shape index (κ3) is 5.19. The minimum Gasteiger partial charge on any atom is -0.493 e. The SMILES string of the molecule is C=C(CNCCC)COc1cc(OC)c(OC)c(OC)c1. The van der Waals surface area contributed by atoms with Crippen molar-refractivity contribution in [1.82, 2.24) is 5.32 Å². The molecular weight excluding hydrogens is 270 g/mol. The van der Waals surface area contributed by atoms with Gasteiger partial charge in [0.1, 0.15) is 12.4 Å². The normalized spacial score (nSPS) is 10.1. The highest BCUT2D eigenvalue weighted by atomic mass is 16.5. The van der Waals surface area contributed by atoms with E-state index in [1.165, 1.54) is 0 Å². The highest BCUT2D eigenvalue weighted by Crippen LogP contribution is 2.40. The number of nitrogens with one attached hydrogen (secondary N) is 1. The van der Waals surface area contributed by atoms with Crippen LogP contribution in [0.5, 0.6) is 23.0 Å². The van der Waals surface area contributed by atoms with E-state index in [2.05, 4.69) is 18.8 Å². The van der Waals surface area contributed by atoms with Crippen molar-refractivity contribution < 1.29 is 18.9 Å². The van der Waals surface area contributed by atoms with Gasteiger partial charge in [-0.2, -0.15) is 0 Å². The van der Waals surface area contributed by atoms with Crippen LogP contribution >= 0.6 is 0 Å². The summed E-state index contributed by atoms with van der Waals surface area (Å²) in [5.41, 5.74) is 0.984. The summed E-state index contributed by atoms with van der Waals surface area (Å²) in [4.78, 5) is 0. The van der Waals surface area contributed by atoms with Gasteiger partial charge in [-0.05, 0) is 18.5 Å². The lowest BCUT2D eigenvalue weighted by molar-refractivity contribution is 0.310. The molecule has 1 aromatic rings. The van der Waals surface area contributed by atoms with Crippen molar-refractivity contribution in [2.24, 2.45) is 0 Å². The molecule has 1 N–H and O–H groups in total. The molecule has 0 unspecified atom stereocenters. The van der Waals surface area contributed by atoms with E-state index < -0.39 is 0 Å². The van der Waals surface area contributed by atoms with Gasteiger partial charge in [0.05, 0.1) is 21.3 Å². The van der Waals surface area contributed by atoms with Crippen LogP contribution in [0, 0.1) is 0 Å². The van der Waals surface area contributed by atoms with Crippen LogP contribution in [0.2, 0.25) is 0 Å². The fourth-order valence-corrected chi connectivity index (χ4v) is 1.82. The van der Waals surface area contributed by atoms with E-state index in [0.29, 0.717) is 29.6 Å². The Bertz CT molecular complexity index is 435. The van der Waals surface area contributed by atoms with Crippen LogP contribution in [-0.2, 0) is 0 Å². The molecule has 0 saturated heterocycles. The molecule has 0 spiro atoms. The first kappa shape index (κ1) is 17.2. The summed E-state index contributed by atoms with van der Waals surface area (Å²) in [5.74, 6) is 2.35. The Kier molecular flexibility index (Phi) is 7.46. The first-order valence-electron chi connectivity index (χ1n) is 6.96. The highest BCUT2D eigenvalue weighted by molar-refractivity contribution is 5.55. The number of methoxy groups -OCH3 is 3. The molecule has 0 aliphatic rings. The second kappa shape index (κ2) is 9.13. The lowest BCUT2D eigenvalue weighted by Crippen LogP contribution is -2.20. The Hall–Kier alpha value is -1.88. The summed E-state index contributed by atoms with van der Waals surface area (Å²) >= 11 is 0. The Morgan fingerprint density at radius 2 is 1.71 bits per heavy atom. The Morgan fingerprint density at radius 1 is 1.10 bits per heavy atom. The quantitative estimate of drug-likeness (QED) is 0.531. The maximum atomic E-state index is 5.73. The fourth-order valence-electron chi connectivity index (χ4n) is 1.82. The largest absolute Gasteiger partial charge is 0.493 e. The summed E-state index contributed by atoms with van der Waals surface area (Å²) in [5, 5.41) is 3.29. The van der Waals surface area contributed by atoms with E-state index >= 15 is 0 Å². The van der Waals surface area contributed by atoms with Gasteiger partial charge >= 0.3 is 0 Å². The first-order chi connectivity index (χ1) is 10.2. The standard InChI is InChI=1S/C16H25NO4/c1-6-7-17-10-12(2)11-21-13-8-14(18-3)16(20-5)15(9-13)19-4/h8-9,17H,2,6-7,10-11H2,1,3-5H3. The highest BCUT2D eigenvalue weighted by Gasteiger charge is 2.13. The molecule has 0 radical (unpaired) electrons. The van der Waals surface area contributed by atoms with Gasteiger partial charge in [-0.3, -0.25) is 0 Å². The van der Waals surface area contributed by atoms with E-state index in [1.54, 1.807) is 33.5 Å². The van der Waals surface area contributed by atoms with Gasteiger partial charge in [-0.15, -0.1) is 0 Å². The van der Waals surface area contributed by atoms with Crippen molar-refractivity contribution in [2.45, 2.75) is 13.3 Å². The van der Waals surface area contributed by atoms with E-state index in [4.69, 9.17) is 18.9 Å². The summed E-state index contributed by atoms with van der Waals surface area (Å²) in [6, 6.07) is 3.54. The van der Waals surface area contributed by atoms with Gasteiger partial charge < -0.3 is 24.3 Å². The molecule has 21 heavy (non-hydrogen) atoms. The van der Waals surface area contributed by atoms with Gasteiger partial charge in [0.15, 0.2) is 11.5 Å². The molecular formula is C16H25NO4. The van der Waals surface area contributed by atoms with Gasteiger partial charge in [0, 0.05) is 18.7 Å². The van der Waals surface area contributed by atoms with E-state index in [0.717, 1.165) is 25.1 Å². The summed E-state index contributed by atoms with van der Waals surface area (Å²) < 4.78 is 21.6. The number of rotatable bonds is 10. The monoisotopic (exact) mass is 295 g/mol. The average Bonchev–Trinajstić information content (AvgIpc) is 2.51. The topological polar surface area (TPSA) is 49.0 Å². The predicted octanol–water partition coefficient (Wildman–Crippen LogP) is 2.65. The number of ether oxygens (including phenoxy) is 4. The zero-order chi connectivity index (χ0) is 15.7. The molecule has 5 nitrogen and oxygen atoms in total. The van der Waals surface area contributed by atoms with Crippen LogP contribution in [0.4, 0.5) is 0 Å². The molecule has 0 aromatic heterocycles. The van der Waals surface area contributed by atoms with Crippen LogP contribution < -0.4 is 24.3 Å². The minimum absolute atomic E-state index is 0.440. The average molecular weight is 295 g/mol. The van der Waals surface area contributed by atoms with E-state index in [9.17, 15) is 0 Å². The van der Waals surface area contributed by atoms with Crippen molar-refractivity contribution in [3.8, 4) is 23.0 Å². The smallest absolute Gasteiger partial charge is 0.203 e. The zero-order valence-corrected chi connectivity index (χ0v) is 13.3. The molecule has 0 atom stereocenters. The lowest BCUT2D eigenvalue weighted by atomic mass is 10.2. The van der Waals surface area contributed by atoms with Crippen LogP contribution in [-0.4, -0.2) is 41.0 Å². The molecule has 118 valence electrons. The fraction of sp³-hybridized carbons (Fsp3) is 0.500. The molecule has 0 heterocycles. The van der Waals surface area contributed by atoms with Crippen molar-refractivity contribution in [3.63, 3.8) is 0 Å². The van der Waals surface area contributed by atoms with E-state index in [-0.39, 0.29) is 0 Å². The van der Waals surface area contributed by atoms with Crippen LogP contribution in [0.15, 0.2) is 24.3 Å². The maximum Gasteiger partial charge on any atom is 0.203 e. The number of hydrogen-bond donors (Lipinski definition) is 1. The van der Waals surface area contributed by atoms with Gasteiger partial charge in [0.25, 0.3) is 0 Å². The van der Waals surface area contributed by atoms with Crippen molar-refractivity contribution in [1.29, 1.82) is 0 Å². The Balaban J connectivity index is 2.69. The number of hydrogen-bond acceptors (Lipinski definition) is 5. The second-order valence-corrected chi connectivity index (χ2v) is 4.58. The van der Waals surface area contributed by atoms with Crippen LogP contribution in [0.3, 0.4) is 0 Å².